The highest BCUT2D eigenvalue weighted by Gasteiger charge is 2.19. The zero-order chi connectivity index (χ0) is 18.7. The van der Waals surface area contributed by atoms with E-state index in [-0.39, 0.29) is 0 Å². The van der Waals surface area contributed by atoms with E-state index in [0.717, 1.165) is 24.0 Å². The standard InChI is InChI=1S/C23H39OS/c1-6-9-10-11-12-13-14-15-25-20-16-21(18(4)7-2)23(24)22(17-20)19(5)8-3/h16-19H,6-15H2,1-5H3. The normalized spacial score (nSPS) is 13.8. The molecule has 0 bridgehead atoms. The fourth-order valence-electron chi connectivity index (χ4n) is 3.15. The first-order valence-electron chi connectivity index (χ1n) is 10.5. The first-order chi connectivity index (χ1) is 12.0. The maximum atomic E-state index is 12.8. The molecule has 0 fully saturated rings. The second-order valence-corrected chi connectivity index (χ2v) is 8.69. The summed E-state index contributed by atoms with van der Waals surface area (Å²) in [4.78, 5) is 1.30. The Labute approximate surface area is 161 Å². The van der Waals surface area contributed by atoms with Gasteiger partial charge in [0.15, 0.2) is 5.75 Å². The molecule has 0 aliphatic carbocycles. The Morgan fingerprint density at radius 1 is 0.800 bits per heavy atom. The molecular weight excluding hydrogens is 324 g/mol. The van der Waals surface area contributed by atoms with Crippen molar-refractivity contribution in [3.63, 3.8) is 0 Å². The third-order valence-electron chi connectivity index (χ3n) is 5.42. The molecule has 0 spiro atoms. The maximum Gasteiger partial charge on any atom is 0.185 e. The number of unbranched alkanes of at least 4 members (excludes halogenated alkanes) is 6. The first-order valence-corrected chi connectivity index (χ1v) is 11.5. The Kier molecular flexibility index (Phi) is 11.4. The summed E-state index contributed by atoms with van der Waals surface area (Å²) in [5, 5.41) is 12.8. The number of hydrogen-bond acceptors (Lipinski definition) is 1. The van der Waals surface area contributed by atoms with E-state index >= 15 is 0 Å². The van der Waals surface area contributed by atoms with Gasteiger partial charge in [-0.15, -0.1) is 11.8 Å². The molecule has 1 rings (SSSR count). The molecule has 2 heteroatoms. The lowest BCUT2D eigenvalue weighted by atomic mass is 9.90. The molecule has 143 valence electrons. The van der Waals surface area contributed by atoms with Crippen molar-refractivity contribution in [3.8, 4) is 5.75 Å². The van der Waals surface area contributed by atoms with E-state index in [1.54, 1.807) is 0 Å². The van der Waals surface area contributed by atoms with Crippen molar-refractivity contribution in [2.24, 2.45) is 0 Å². The molecule has 0 N–H and O–H groups in total. The molecule has 1 radical (unpaired) electrons. The van der Waals surface area contributed by atoms with Crippen LogP contribution in [0.2, 0.25) is 0 Å². The molecule has 1 nitrogen and oxygen atoms in total. The molecule has 0 aromatic heterocycles. The van der Waals surface area contributed by atoms with Crippen LogP contribution in [0.1, 0.15) is 115 Å². The highest BCUT2D eigenvalue weighted by atomic mass is 32.2. The van der Waals surface area contributed by atoms with Gasteiger partial charge in [0, 0.05) is 16.0 Å². The van der Waals surface area contributed by atoms with Crippen LogP contribution in [0.4, 0.5) is 0 Å². The molecule has 2 atom stereocenters. The van der Waals surface area contributed by atoms with Crippen molar-refractivity contribution in [1.82, 2.24) is 0 Å². The first kappa shape index (κ1) is 22.4. The largest absolute Gasteiger partial charge is 0.289 e. The summed E-state index contributed by atoms with van der Waals surface area (Å²) in [5.41, 5.74) is 2.06. The molecule has 0 amide bonds. The third-order valence-corrected chi connectivity index (χ3v) is 6.48. The molecule has 1 aromatic carbocycles. The van der Waals surface area contributed by atoms with E-state index in [4.69, 9.17) is 0 Å². The lowest BCUT2D eigenvalue weighted by molar-refractivity contribution is 0.338. The van der Waals surface area contributed by atoms with E-state index in [2.05, 4.69) is 46.8 Å². The van der Waals surface area contributed by atoms with Gasteiger partial charge in [-0.2, -0.15) is 0 Å². The SMILES string of the molecule is CCCCCCCCCSc1cc(C(C)CC)c([O])c(C(C)CC)c1. The molecule has 0 heterocycles. The van der Waals surface area contributed by atoms with E-state index in [0.29, 0.717) is 17.6 Å². The van der Waals surface area contributed by atoms with E-state index < -0.39 is 0 Å². The van der Waals surface area contributed by atoms with Gasteiger partial charge in [-0.3, -0.25) is 5.11 Å². The van der Waals surface area contributed by atoms with E-state index in [9.17, 15) is 5.11 Å². The Morgan fingerprint density at radius 2 is 1.28 bits per heavy atom. The summed E-state index contributed by atoms with van der Waals surface area (Å²) in [7, 11) is 0. The van der Waals surface area contributed by atoms with Crippen LogP contribution < -0.4 is 0 Å². The van der Waals surface area contributed by atoms with Gasteiger partial charge < -0.3 is 0 Å². The Balaban J connectivity index is 2.63. The zero-order valence-electron chi connectivity index (χ0n) is 17.2. The highest BCUT2D eigenvalue weighted by molar-refractivity contribution is 7.99. The zero-order valence-corrected chi connectivity index (χ0v) is 18.0. The molecule has 2 unspecified atom stereocenters. The number of benzene rings is 1. The van der Waals surface area contributed by atoms with E-state index in [1.165, 1.54) is 55.6 Å². The average Bonchev–Trinajstić information content (AvgIpc) is 2.63. The van der Waals surface area contributed by atoms with Gasteiger partial charge in [0.25, 0.3) is 0 Å². The summed E-state index contributed by atoms with van der Waals surface area (Å²) < 4.78 is 0. The van der Waals surface area contributed by atoms with Crippen molar-refractivity contribution in [2.75, 3.05) is 5.75 Å². The minimum absolute atomic E-state index is 0.295. The van der Waals surface area contributed by atoms with Crippen molar-refractivity contribution >= 4 is 11.8 Å². The lowest BCUT2D eigenvalue weighted by Crippen LogP contribution is -1.99. The van der Waals surface area contributed by atoms with Gasteiger partial charge in [-0.05, 0) is 49.0 Å². The molecular formula is C23H39OS. The maximum absolute atomic E-state index is 12.8. The van der Waals surface area contributed by atoms with Gasteiger partial charge in [-0.1, -0.05) is 73.1 Å². The van der Waals surface area contributed by atoms with Gasteiger partial charge in [0.05, 0.1) is 0 Å². The number of rotatable bonds is 13. The van der Waals surface area contributed by atoms with Gasteiger partial charge in [-0.25, -0.2) is 0 Å². The van der Waals surface area contributed by atoms with Crippen LogP contribution in [0.3, 0.4) is 0 Å². The average molecular weight is 364 g/mol. The van der Waals surface area contributed by atoms with Crippen LogP contribution in [0.15, 0.2) is 17.0 Å². The molecule has 0 saturated carbocycles. The van der Waals surface area contributed by atoms with Crippen molar-refractivity contribution in [1.29, 1.82) is 0 Å². The smallest absolute Gasteiger partial charge is 0.185 e. The molecule has 1 aromatic rings. The second kappa shape index (κ2) is 12.7. The predicted molar refractivity (Wildman–Crippen MR) is 113 cm³/mol. The van der Waals surface area contributed by atoms with Crippen LogP contribution in [0, 0.1) is 0 Å². The molecule has 0 aliphatic rings. The van der Waals surface area contributed by atoms with Crippen LogP contribution >= 0.6 is 11.8 Å². The fraction of sp³-hybridized carbons (Fsp3) is 0.739. The Morgan fingerprint density at radius 3 is 1.76 bits per heavy atom. The number of thioether (sulfide) groups is 1. The van der Waals surface area contributed by atoms with Crippen LogP contribution in [-0.4, -0.2) is 5.75 Å². The van der Waals surface area contributed by atoms with Crippen LogP contribution in [0.5, 0.6) is 5.75 Å². The van der Waals surface area contributed by atoms with Crippen molar-refractivity contribution in [3.05, 3.63) is 23.3 Å². The minimum atomic E-state index is 0.295. The minimum Gasteiger partial charge on any atom is -0.289 e. The monoisotopic (exact) mass is 363 g/mol. The van der Waals surface area contributed by atoms with Gasteiger partial charge in [0.1, 0.15) is 0 Å². The topological polar surface area (TPSA) is 19.9 Å². The van der Waals surface area contributed by atoms with Crippen molar-refractivity contribution < 1.29 is 5.11 Å². The number of hydrogen-bond donors (Lipinski definition) is 0. The molecule has 25 heavy (non-hydrogen) atoms. The summed E-state index contributed by atoms with van der Waals surface area (Å²) in [5.74, 6) is 2.18. The lowest BCUT2D eigenvalue weighted by Gasteiger charge is -2.18. The summed E-state index contributed by atoms with van der Waals surface area (Å²) in [6.07, 6.45) is 11.5. The quantitative estimate of drug-likeness (QED) is 0.253. The van der Waals surface area contributed by atoms with Gasteiger partial charge in [0.2, 0.25) is 0 Å². The summed E-state index contributed by atoms with van der Waals surface area (Å²) >= 11 is 1.94. The Bertz CT molecular complexity index is 452. The Hall–Kier alpha value is -0.630. The summed E-state index contributed by atoms with van der Waals surface area (Å²) in [6.45, 7) is 11.0. The summed E-state index contributed by atoms with van der Waals surface area (Å²) in [6, 6.07) is 4.35. The predicted octanol–water partition coefficient (Wildman–Crippen LogP) is 8.70. The van der Waals surface area contributed by atoms with Crippen molar-refractivity contribution in [2.45, 2.75) is 109 Å². The highest BCUT2D eigenvalue weighted by Crippen LogP contribution is 2.40. The second-order valence-electron chi connectivity index (χ2n) is 7.52. The van der Waals surface area contributed by atoms with E-state index in [1.807, 2.05) is 11.8 Å². The molecule has 0 saturated heterocycles. The van der Waals surface area contributed by atoms with Gasteiger partial charge >= 0.3 is 0 Å². The van der Waals surface area contributed by atoms with Crippen LogP contribution in [0.25, 0.3) is 0 Å². The molecule has 0 aliphatic heterocycles. The van der Waals surface area contributed by atoms with Crippen LogP contribution in [-0.2, 0) is 5.11 Å². The fourth-order valence-corrected chi connectivity index (χ4v) is 4.16. The third kappa shape index (κ3) is 7.64.